The van der Waals surface area contributed by atoms with E-state index in [-0.39, 0.29) is 24.4 Å². The highest BCUT2D eigenvalue weighted by molar-refractivity contribution is 6.26. The van der Waals surface area contributed by atoms with Gasteiger partial charge in [0, 0.05) is 23.2 Å². The topological polar surface area (TPSA) is 108 Å². The summed E-state index contributed by atoms with van der Waals surface area (Å²) < 4.78 is 15.9. The molecule has 0 unspecified atom stereocenters. The minimum Gasteiger partial charge on any atom is -0.497 e. The predicted octanol–water partition coefficient (Wildman–Crippen LogP) is 3.97. The average molecular weight is 431 g/mol. The zero-order valence-corrected chi connectivity index (χ0v) is 17.3. The van der Waals surface area contributed by atoms with E-state index in [2.05, 4.69) is 0 Å². The molecule has 7 nitrogen and oxygen atoms in total. The van der Waals surface area contributed by atoms with Crippen molar-refractivity contribution >= 4 is 23.0 Å². The summed E-state index contributed by atoms with van der Waals surface area (Å²) in [4.78, 5) is 25.9. The first-order chi connectivity index (χ1) is 15.5. The van der Waals surface area contributed by atoms with Crippen LogP contribution in [-0.4, -0.2) is 30.8 Å². The van der Waals surface area contributed by atoms with Gasteiger partial charge in [-0.15, -0.1) is 0 Å². The van der Waals surface area contributed by atoms with Gasteiger partial charge in [0.15, 0.2) is 17.3 Å². The van der Waals surface area contributed by atoms with Crippen LogP contribution in [0.3, 0.4) is 0 Å². The molecule has 3 aromatic carbocycles. The number of Topliss-reactive ketones (excluding diaryl/α,β-unsaturated/α-hetero) is 1. The van der Waals surface area contributed by atoms with Gasteiger partial charge in [-0.25, -0.2) is 4.79 Å². The molecule has 1 aliphatic rings. The van der Waals surface area contributed by atoms with E-state index in [1.54, 1.807) is 66.7 Å². The van der Waals surface area contributed by atoms with Gasteiger partial charge in [0.1, 0.15) is 5.75 Å². The highest BCUT2D eigenvalue weighted by Crippen LogP contribution is 2.36. The third kappa shape index (κ3) is 4.27. The van der Waals surface area contributed by atoms with Crippen molar-refractivity contribution in [3.8, 4) is 17.2 Å². The molecule has 3 aromatic rings. The van der Waals surface area contributed by atoms with Crippen LogP contribution in [0.4, 0.5) is 5.69 Å². The lowest BCUT2D eigenvalue weighted by atomic mass is 9.89. The van der Waals surface area contributed by atoms with Crippen molar-refractivity contribution in [3.63, 3.8) is 0 Å². The fraction of sp³-hybridized carbons (Fsp3) is 0.120. The zero-order chi connectivity index (χ0) is 22.7. The lowest BCUT2D eigenvalue weighted by Crippen LogP contribution is -2.14. The maximum absolute atomic E-state index is 13.5. The summed E-state index contributed by atoms with van der Waals surface area (Å²) in [6, 6.07) is 18.4. The Kier molecular flexibility index (Phi) is 5.81. The fourth-order valence-electron chi connectivity index (χ4n) is 3.58. The van der Waals surface area contributed by atoms with Gasteiger partial charge < -0.3 is 25.1 Å². The van der Waals surface area contributed by atoms with Crippen LogP contribution in [0.5, 0.6) is 17.2 Å². The highest BCUT2D eigenvalue weighted by Gasteiger charge is 2.25. The average Bonchev–Trinajstić information content (AvgIpc) is 3.26. The van der Waals surface area contributed by atoms with Crippen molar-refractivity contribution in [2.24, 2.45) is 0 Å². The number of carboxylic acids is 1. The summed E-state index contributed by atoms with van der Waals surface area (Å²) in [5.74, 6) is -0.0641. The van der Waals surface area contributed by atoms with Crippen LogP contribution < -0.4 is 19.9 Å². The second-order valence-electron chi connectivity index (χ2n) is 7.21. The molecule has 0 saturated carbocycles. The zero-order valence-electron chi connectivity index (χ0n) is 17.3. The summed E-state index contributed by atoms with van der Waals surface area (Å²) in [5.41, 5.74) is 7.88. The summed E-state index contributed by atoms with van der Waals surface area (Å²) in [7, 11) is 1.53. The number of aliphatic carboxylic acids is 1. The van der Waals surface area contributed by atoms with Gasteiger partial charge in [0.25, 0.3) is 0 Å². The number of carboxylic acid groups (broad SMARTS) is 1. The molecule has 0 aromatic heterocycles. The second-order valence-corrected chi connectivity index (χ2v) is 7.21. The molecule has 0 saturated heterocycles. The Hall–Kier alpha value is -4.26. The van der Waals surface area contributed by atoms with Gasteiger partial charge in [-0.05, 0) is 59.7 Å². The van der Waals surface area contributed by atoms with Crippen molar-refractivity contribution < 1.29 is 28.9 Å². The SMILES string of the molecule is COc1ccc(C(=O)/C(Cc2cccc(N)c2)=C(/C(=O)O)c2ccc3c(c2)OCO3)cc1. The number of ketones is 1. The van der Waals surface area contributed by atoms with Crippen molar-refractivity contribution in [1.29, 1.82) is 0 Å². The second kappa shape index (κ2) is 8.85. The molecule has 0 spiro atoms. The van der Waals surface area contributed by atoms with Crippen LogP contribution >= 0.6 is 0 Å². The monoisotopic (exact) mass is 431 g/mol. The first-order valence-electron chi connectivity index (χ1n) is 9.86. The third-order valence-electron chi connectivity index (χ3n) is 5.14. The molecule has 4 rings (SSSR count). The minimum atomic E-state index is -1.22. The van der Waals surface area contributed by atoms with E-state index in [1.165, 1.54) is 7.11 Å². The van der Waals surface area contributed by atoms with Crippen LogP contribution in [0.15, 0.2) is 72.3 Å². The first kappa shape index (κ1) is 21.0. The van der Waals surface area contributed by atoms with E-state index in [4.69, 9.17) is 19.9 Å². The summed E-state index contributed by atoms with van der Waals surface area (Å²) in [6.45, 7) is 0.0613. The maximum atomic E-state index is 13.5. The summed E-state index contributed by atoms with van der Waals surface area (Å²) >= 11 is 0. The lowest BCUT2D eigenvalue weighted by molar-refractivity contribution is -0.130. The molecule has 7 heteroatoms. The van der Waals surface area contributed by atoms with Crippen LogP contribution in [0.2, 0.25) is 0 Å². The van der Waals surface area contributed by atoms with Gasteiger partial charge in [-0.2, -0.15) is 0 Å². The quantitative estimate of drug-likeness (QED) is 0.331. The van der Waals surface area contributed by atoms with Crippen LogP contribution in [0.1, 0.15) is 21.5 Å². The Balaban J connectivity index is 1.87. The summed E-state index contributed by atoms with van der Waals surface area (Å²) in [5, 5.41) is 10.1. The fourth-order valence-corrected chi connectivity index (χ4v) is 3.58. The highest BCUT2D eigenvalue weighted by atomic mass is 16.7. The van der Waals surface area contributed by atoms with Crippen LogP contribution in [-0.2, 0) is 11.2 Å². The molecule has 1 aliphatic heterocycles. The molecular formula is C25H21NO6. The minimum absolute atomic E-state index is 0.0613. The Morgan fingerprint density at radius 3 is 2.38 bits per heavy atom. The van der Waals surface area contributed by atoms with E-state index in [9.17, 15) is 14.7 Å². The summed E-state index contributed by atoms with van der Waals surface area (Å²) in [6.07, 6.45) is 0.0893. The van der Waals surface area contributed by atoms with Gasteiger partial charge >= 0.3 is 5.97 Å². The predicted molar refractivity (Wildman–Crippen MR) is 119 cm³/mol. The molecule has 0 fully saturated rings. The lowest BCUT2D eigenvalue weighted by Gasteiger charge is -2.14. The number of nitrogens with two attached hydrogens (primary N) is 1. The maximum Gasteiger partial charge on any atom is 0.336 e. The molecule has 162 valence electrons. The number of benzene rings is 3. The van der Waals surface area contributed by atoms with E-state index in [0.29, 0.717) is 34.1 Å². The number of carbonyl (C=O) groups is 2. The molecule has 0 bridgehead atoms. The van der Waals surface area contributed by atoms with Crippen LogP contribution in [0, 0.1) is 0 Å². The number of fused-ring (bicyclic) bond motifs is 1. The Bertz CT molecular complexity index is 1210. The molecule has 1 heterocycles. The molecule has 0 amide bonds. The number of rotatable bonds is 7. The van der Waals surface area contributed by atoms with Gasteiger partial charge in [-0.1, -0.05) is 18.2 Å². The third-order valence-corrected chi connectivity index (χ3v) is 5.14. The Morgan fingerprint density at radius 2 is 1.69 bits per heavy atom. The van der Waals surface area contributed by atoms with Gasteiger partial charge in [-0.3, -0.25) is 4.79 Å². The number of hydrogen-bond donors (Lipinski definition) is 2. The largest absolute Gasteiger partial charge is 0.497 e. The molecule has 3 N–H and O–H groups in total. The van der Waals surface area contributed by atoms with Gasteiger partial charge in [0.05, 0.1) is 12.7 Å². The number of carbonyl (C=O) groups excluding carboxylic acids is 1. The Labute approximate surface area is 184 Å². The van der Waals surface area contributed by atoms with Crippen LogP contribution in [0.25, 0.3) is 5.57 Å². The van der Waals surface area contributed by atoms with Crippen molar-refractivity contribution in [2.45, 2.75) is 6.42 Å². The smallest absolute Gasteiger partial charge is 0.336 e. The number of nitrogen functional groups attached to an aromatic ring is 1. The van der Waals surface area contributed by atoms with Gasteiger partial charge in [0.2, 0.25) is 6.79 Å². The van der Waals surface area contributed by atoms with E-state index in [0.717, 1.165) is 5.56 Å². The molecule has 32 heavy (non-hydrogen) atoms. The molecular weight excluding hydrogens is 410 g/mol. The number of allylic oxidation sites excluding steroid dienone is 1. The Morgan fingerprint density at radius 1 is 0.969 bits per heavy atom. The standard InChI is InChI=1S/C25H21NO6/c1-30-19-8-5-16(6-9-19)24(27)20(12-15-3-2-4-18(26)11-15)23(25(28)29)17-7-10-21-22(13-17)32-14-31-21/h2-11,13H,12,14,26H2,1H3,(H,28,29)/b23-20+. The number of ether oxygens (including phenoxy) is 3. The van der Waals surface area contributed by atoms with Crippen molar-refractivity contribution in [2.75, 3.05) is 19.6 Å². The van der Waals surface area contributed by atoms with Crippen molar-refractivity contribution in [1.82, 2.24) is 0 Å². The molecule has 0 aliphatic carbocycles. The normalized spacial score (nSPS) is 12.8. The van der Waals surface area contributed by atoms with E-state index >= 15 is 0 Å². The van der Waals surface area contributed by atoms with E-state index in [1.807, 2.05) is 0 Å². The first-order valence-corrected chi connectivity index (χ1v) is 9.86. The molecule has 0 atom stereocenters. The number of methoxy groups -OCH3 is 1. The van der Waals surface area contributed by atoms with Crippen molar-refractivity contribution in [3.05, 3.63) is 89.0 Å². The molecule has 0 radical (unpaired) electrons. The number of hydrogen-bond acceptors (Lipinski definition) is 6. The number of anilines is 1. The van der Waals surface area contributed by atoms with E-state index < -0.39 is 11.8 Å².